The van der Waals surface area contributed by atoms with Crippen LogP contribution >= 0.6 is 11.6 Å². The highest BCUT2D eigenvalue weighted by atomic mass is 35.5. The third-order valence-electron chi connectivity index (χ3n) is 1.87. The quantitative estimate of drug-likeness (QED) is 0.416. The van der Waals surface area contributed by atoms with Crippen molar-refractivity contribution in [2.24, 2.45) is 0 Å². The number of epoxide rings is 1. The highest BCUT2D eigenvalue weighted by Gasteiger charge is 2.51. The van der Waals surface area contributed by atoms with E-state index < -0.39 is 17.3 Å². The van der Waals surface area contributed by atoms with E-state index in [1.54, 1.807) is 24.3 Å². The van der Waals surface area contributed by atoms with Crippen molar-refractivity contribution in [3.63, 3.8) is 0 Å². The molecule has 4 nitrogen and oxygen atoms in total. The second kappa shape index (κ2) is 2.97. The first kappa shape index (κ1) is 8.47. The molecule has 1 aromatic carbocycles. The molecule has 0 bridgehead atoms. The molecule has 0 saturated carbocycles. The highest BCUT2D eigenvalue weighted by Crippen LogP contribution is 2.38. The van der Waals surface area contributed by atoms with Gasteiger partial charge in [0.2, 0.25) is 0 Å². The van der Waals surface area contributed by atoms with Crippen LogP contribution in [0.2, 0.25) is 5.02 Å². The average Bonchev–Trinajstić information content (AvgIpc) is 2.85. The lowest BCUT2D eigenvalue weighted by atomic mass is 10.1. The Labute approximate surface area is 79.2 Å². The molecule has 1 heterocycles. The summed E-state index contributed by atoms with van der Waals surface area (Å²) in [5.41, 5.74) is 0.797. The van der Waals surface area contributed by atoms with Crippen molar-refractivity contribution < 1.29 is 9.66 Å². The van der Waals surface area contributed by atoms with E-state index in [1.165, 1.54) is 0 Å². The summed E-state index contributed by atoms with van der Waals surface area (Å²) in [4.78, 5) is 9.84. The average molecular weight is 200 g/mol. The fourth-order valence-electron chi connectivity index (χ4n) is 1.16. The smallest absolute Gasteiger partial charge is 0.296 e. The first-order chi connectivity index (χ1) is 6.18. The molecule has 0 aliphatic carbocycles. The lowest BCUT2D eigenvalue weighted by Gasteiger charge is -1.92. The zero-order valence-corrected chi connectivity index (χ0v) is 7.27. The van der Waals surface area contributed by atoms with Crippen molar-refractivity contribution >= 4 is 11.6 Å². The van der Waals surface area contributed by atoms with Crippen molar-refractivity contribution in [2.75, 3.05) is 0 Å². The largest absolute Gasteiger partial charge is 0.347 e. The lowest BCUT2D eigenvalue weighted by Crippen LogP contribution is -2.02. The topological polar surface area (TPSA) is 55.7 Å². The molecule has 68 valence electrons. The lowest BCUT2D eigenvalue weighted by molar-refractivity contribution is -0.516. The van der Waals surface area contributed by atoms with Gasteiger partial charge in [-0.25, -0.2) is 0 Å². The SMILES string of the molecule is O=[N+]([O-])C1OC1c1ccc(Cl)cc1. The summed E-state index contributed by atoms with van der Waals surface area (Å²) in [6.45, 7) is 0. The molecule has 2 atom stereocenters. The maximum atomic E-state index is 10.3. The minimum atomic E-state index is -0.874. The Morgan fingerprint density at radius 1 is 1.38 bits per heavy atom. The number of rotatable bonds is 2. The molecule has 2 rings (SSSR count). The van der Waals surface area contributed by atoms with Crippen LogP contribution in [0.4, 0.5) is 0 Å². The second-order valence-corrected chi connectivity index (χ2v) is 3.22. The minimum Gasteiger partial charge on any atom is -0.296 e. The second-order valence-electron chi connectivity index (χ2n) is 2.78. The van der Waals surface area contributed by atoms with Crippen LogP contribution in [0.15, 0.2) is 24.3 Å². The molecule has 1 aromatic rings. The Morgan fingerprint density at radius 2 is 2.00 bits per heavy atom. The summed E-state index contributed by atoms with van der Waals surface area (Å²) in [5.74, 6) is 0. The van der Waals surface area contributed by atoms with E-state index >= 15 is 0 Å². The van der Waals surface area contributed by atoms with Gasteiger partial charge in [0.05, 0.1) is 4.92 Å². The molecule has 1 saturated heterocycles. The number of ether oxygens (including phenoxy) is 1. The van der Waals surface area contributed by atoms with Gasteiger partial charge in [-0.3, -0.25) is 14.9 Å². The molecule has 1 fully saturated rings. The van der Waals surface area contributed by atoms with Gasteiger partial charge in [-0.1, -0.05) is 23.7 Å². The van der Waals surface area contributed by atoms with Gasteiger partial charge >= 0.3 is 6.23 Å². The van der Waals surface area contributed by atoms with Crippen LogP contribution < -0.4 is 0 Å². The van der Waals surface area contributed by atoms with Crippen LogP contribution in [-0.2, 0) is 4.74 Å². The van der Waals surface area contributed by atoms with Crippen molar-refractivity contribution in [3.8, 4) is 0 Å². The van der Waals surface area contributed by atoms with Crippen molar-refractivity contribution in [1.29, 1.82) is 0 Å². The zero-order valence-electron chi connectivity index (χ0n) is 6.51. The molecule has 13 heavy (non-hydrogen) atoms. The maximum absolute atomic E-state index is 10.3. The number of halogens is 1. The van der Waals surface area contributed by atoms with Gasteiger partial charge in [0, 0.05) is 5.02 Å². The fourth-order valence-corrected chi connectivity index (χ4v) is 1.29. The molecule has 5 heteroatoms. The Hall–Kier alpha value is -1.13. The summed E-state index contributed by atoms with van der Waals surface area (Å²) >= 11 is 5.66. The summed E-state index contributed by atoms with van der Waals surface area (Å²) in [7, 11) is 0. The molecule has 0 amide bonds. The Morgan fingerprint density at radius 3 is 2.46 bits per heavy atom. The van der Waals surface area contributed by atoms with Crippen LogP contribution in [0, 0.1) is 10.1 Å². The van der Waals surface area contributed by atoms with Gasteiger partial charge in [-0.05, 0) is 17.7 Å². The molecule has 2 unspecified atom stereocenters. The number of nitro groups is 1. The Kier molecular flexibility index (Phi) is 1.94. The molecular weight excluding hydrogens is 194 g/mol. The highest BCUT2D eigenvalue weighted by molar-refractivity contribution is 6.30. The Balaban J connectivity index is 2.12. The standard InChI is InChI=1S/C8H6ClNO3/c9-6-3-1-5(2-4-6)7-8(13-7)10(11)12/h1-4,7-8H. The fraction of sp³-hybridized carbons (Fsp3) is 0.250. The maximum Gasteiger partial charge on any atom is 0.347 e. The van der Waals surface area contributed by atoms with Crippen LogP contribution in [0.25, 0.3) is 0 Å². The number of hydrogen-bond acceptors (Lipinski definition) is 3. The van der Waals surface area contributed by atoms with E-state index in [0.29, 0.717) is 5.02 Å². The first-order valence-electron chi connectivity index (χ1n) is 3.73. The van der Waals surface area contributed by atoms with E-state index in [9.17, 15) is 10.1 Å². The number of benzene rings is 1. The molecule has 0 N–H and O–H groups in total. The van der Waals surface area contributed by atoms with Crippen molar-refractivity contribution in [2.45, 2.75) is 12.3 Å². The number of hydrogen-bond donors (Lipinski definition) is 0. The normalized spacial score (nSPS) is 25.6. The van der Waals surface area contributed by atoms with Crippen LogP contribution in [0.3, 0.4) is 0 Å². The van der Waals surface area contributed by atoms with Gasteiger partial charge in [0.1, 0.15) is 0 Å². The van der Waals surface area contributed by atoms with Crippen molar-refractivity contribution in [3.05, 3.63) is 45.0 Å². The summed E-state index contributed by atoms with van der Waals surface area (Å²) in [5, 5.41) is 10.9. The molecule has 1 aliphatic rings. The molecule has 0 aromatic heterocycles. The van der Waals surface area contributed by atoms with E-state index in [0.717, 1.165) is 5.56 Å². The zero-order chi connectivity index (χ0) is 9.42. The summed E-state index contributed by atoms with van der Waals surface area (Å²) in [6, 6.07) is 6.85. The van der Waals surface area contributed by atoms with Gasteiger partial charge < -0.3 is 0 Å². The molecule has 0 radical (unpaired) electrons. The summed E-state index contributed by atoms with van der Waals surface area (Å²) < 4.78 is 4.86. The van der Waals surface area contributed by atoms with Gasteiger partial charge in [0.25, 0.3) is 0 Å². The van der Waals surface area contributed by atoms with E-state index in [4.69, 9.17) is 16.3 Å². The van der Waals surface area contributed by atoms with Crippen LogP contribution in [-0.4, -0.2) is 11.2 Å². The van der Waals surface area contributed by atoms with Crippen LogP contribution in [0.5, 0.6) is 0 Å². The predicted octanol–water partition coefficient (Wildman–Crippen LogP) is 2.01. The first-order valence-corrected chi connectivity index (χ1v) is 4.11. The summed E-state index contributed by atoms with van der Waals surface area (Å²) in [6.07, 6.45) is -1.27. The Bertz CT molecular complexity index is 338. The van der Waals surface area contributed by atoms with E-state index in [1.807, 2.05) is 0 Å². The molecule has 1 aliphatic heterocycles. The van der Waals surface area contributed by atoms with Crippen LogP contribution in [0.1, 0.15) is 11.7 Å². The van der Waals surface area contributed by atoms with Gasteiger partial charge in [-0.2, -0.15) is 0 Å². The predicted molar refractivity (Wildman–Crippen MR) is 46.1 cm³/mol. The number of nitrogens with zero attached hydrogens (tertiary/aromatic N) is 1. The van der Waals surface area contributed by atoms with Crippen molar-refractivity contribution in [1.82, 2.24) is 0 Å². The van der Waals surface area contributed by atoms with Gasteiger partial charge in [0.15, 0.2) is 6.10 Å². The minimum absolute atomic E-state index is 0.396. The van der Waals surface area contributed by atoms with E-state index in [-0.39, 0.29) is 0 Å². The molecule has 0 spiro atoms. The van der Waals surface area contributed by atoms with Gasteiger partial charge in [-0.15, -0.1) is 0 Å². The molecular formula is C8H6ClNO3. The third kappa shape index (κ3) is 1.64. The van der Waals surface area contributed by atoms with E-state index in [2.05, 4.69) is 0 Å². The monoisotopic (exact) mass is 199 g/mol. The third-order valence-corrected chi connectivity index (χ3v) is 2.13.